The third-order valence-corrected chi connectivity index (χ3v) is 4.88. The molecule has 1 heterocycles. The lowest BCUT2D eigenvalue weighted by atomic mass is 10.0. The molecular formula is C19H35NS. The van der Waals surface area contributed by atoms with E-state index in [0.29, 0.717) is 6.04 Å². The van der Waals surface area contributed by atoms with Crippen molar-refractivity contribution in [2.24, 2.45) is 0 Å². The molecule has 0 spiro atoms. The fourth-order valence-electron chi connectivity index (χ4n) is 2.84. The van der Waals surface area contributed by atoms with Crippen LogP contribution in [-0.4, -0.2) is 6.54 Å². The third-order valence-electron chi connectivity index (χ3n) is 4.18. The average Bonchev–Trinajstić information content (AvgIpc) is 3.02. The molecule has 1 aromatic rings. The topological polar surface area (TPSA) is 12.0 Å². The van der Waals surface area contributed by atoms with Crippen LogP contribution in [-0.2, 0) is 0 Å². The summed E-state index contributed by atoms with van der Waals surface area (Å²) in [5, 5.41) is 8.21. The van der Waals surface area contributed by atoms with Crippen molar-refractivity contribution >= 4 is 11.3 Å². The highest BCUT2D eigenvalue weighted by atomic mass is 32.1. The largest absolute Gasteiger partial charge is 0.310 e. The Hall–Kier alpha value is -0.340. The summed E-state index contributed by atoms with van der Waals surface area (Å²) in [6.07, 6.45) is 15.3. The van der Waals surface area contributed by atoms with Crippen molar-refractivity contribution in [3.63, 3.8) is 0 Å². The van der Waals surface area contributed by atoms with Crippen molar-refractivity contribution < 1.29 is 0 Å². The molecule has 0 saturated heterocycles. The number of rotatable bonds is 14. The maximum atomic E-state index is 3.70. The molecule has 2 heteroatoms. The third kappa shape index (κ3) is 9.31. The van der Waals surface area contributed by atoms with E-state index >= 15 is 0 Å². The van der Waals surface area contributed by atoms with E-state index in [1.807, 2.05) is 11.3 Å². The first-order valence-corrected chi connectivity index (χ1v) is 10.1. The first-order valence-electron chi connectivity index (χ1n) is 9.14. The van der Waals surface area contributed by atoms with Crippen LogP contribution >= 0.6 is 11.3 Å². The van der Waals surface area contributed by atoms with Gasteiger partial charge in [0.2, 0.25) is 0 Å². The molecule has 21 heavy (non-hydrogen) atoms. The minimum Gasteiger partial charge on any atom is -0.310 e. The maximum Gasteiger partial charge on any atom is 0.0328 e. The van der Waals surface area contributed by atoms with Crippen LogP contribution in [0, 0.1) is 0 Å². The Kier molecular flexibility index (Phi) is 11.9. The van der Waals surface area contributed by atoms with Gasteiger partial charge in [0.15, 0.2) is 0 Å². The predicted molar refractivity (Wildman–Crippen MR) is 97.2 cm³/mol. The molecular weight excluding hydrogens is 274 g/mol. The predicted octanol–water partition coefficient (Wildman–Crippen LogP) is 6.71. The Bertz CT molecular complexity index is 307. The van der Waals surface area contributed by atoms with Crippen molar-refractivity contribution in [1.29, 1.82) is 0 Å². The second-order valence-corrected chi connectivity index (χ2v) is 6.96. The molecule has 1 unspecified atom stereocenters. The Balaban J connectivity index is 2.05. The fourth-order valence-corrected chi connectivity index (χ4v) is 3.55. The standard InChI is InChI=1S/C19H35NS/c1-3-5-6-7-8-9-10-11-12-13-19(20-15-4-2)18-14-16-21-17-18/h14,16-17,19-20H,3-13,15H2,1-2H3. The molecule has 0 amide bonds. The second-order valence-electron chi connectivity index (χ2n) is 6.18. The zero-order valence-electron chi connectivity index (χ0n) is 14.2. The summed E-state index contributed by atoms with van der Waals surface area (Å²) < 4.78 is 0. The van der Waals surface area contributed by atoms with Gasteiger partial charge in [-0.1, -0.05) is 71.6 Å². The van der Waals surface area contributed by atoms with Gasteiger partial charge in [-0.2, -0.15) is 11.3 Å². The lowest BCUT2D eigenvalue weighted by Crippen LogP contribution is -2.21. The van der Waals surface area contributed by atoms with Crippen molar-refractivity contribution in [3.8, 4) is 0 Å². The lowest BCUT2D eigenvalue weighted by Gasteiger charge is -2.17. The minimum atomic E-state index is 0.584. The smallest absolute Gasteiger partial charge is 0.0328 e. The minimum absolute atomic E-state index is 0.584. The van der Waals surface area contributed by atoms with Crippen LogP contribution in [0.15, 0.2) is 16.8 Å². The van der Waals surface area contributed by atoms with Crippen LogP contribution in [0.3, 0.4) is 0 Å². The van der Waals surface area contributed by atoms with Gasteiger partial charge >= 0.3 is 0 Å². The summed E-state index contributed by atoms with van der Waals surface area (Å²) in [6, 6.07) is 2.87. The van der Waals surface area contributed by atoms with Gasteiger partial charge in [0.25, 0.3) is 0 Å². The van der Waals surface area contributed by atoms with Crippen LogP contribution in [0.4, 0.5) is 0 Å². The van der Waals surface area contributed by atoms with E-state index in [2.05, 4.69) is 36.0 Å². The monoisotopic (exact) mass is 309 g/mol. The summed E-state index contributed by atoms with van der Waals surface area (Å²) >= 11 is 1.82. The van der Waals surface area contributed by atoms with Gasteiger partial charge in [0, 0.05) is 6.04 Å². The van der Waals surface area contributed by atoms with E-state index in [9.17, 15) is 0 Å². The molecule has 1 nitrogen and oxygen atoms in total. The highest BCUT2D eigenvalue weighted by Gasteiger charge is 2.10. The first kappa shape index (κ1) is 18.7. The molecule has 0 saturated carbocycles. The van der Waals surface area contributed by atoms with Crippen molar-refractivity contribution in [2.45, 2.75) is 90.5 Å². The number of thiophene rings is 1. The van der Waals surface area contributed by atoms with Crippen LogP contribution in [0.2, 0.25) is 0 Å². The normalized spacial score (nSPS) is 12.7. The molecule has 1 rings (SSSR count). The van der Waals surface area contributed by atoms with Gasteiger partial charge in [-0.15, -0.1) is 0 Å². The molecule has 0 radical (unpaired) electrons. The van der Waals surface area contributed by atoms with Gasteiger partial charge in [-0.3, -0.25) is 0 Å². The number of nitrogens with one attached hydrogen (secondary N) is 1. The van der Waals surface area contributed by atoms with Crippen molar-refractivity contribution in [3.05, 3.63) is 22.4 Å². The average molecular weight is 310 g/mol. The molecule has 0 fully saturated rings. The summed E-state index contributed by atoms with van der Waals surface area (Å²) in [5.41, 5.74) is 1.49. The molecule has 0 aliphatic carbocycles. The summed E-state index contributed by atoms with van der Waals surface area (Å²) in [7, 11) is 0. The molecule has 1 N–H and O–H groups in total. The van der Waals surface area contributed by atoms with E-state index in [-0.39, 0.29) is 0 Å². The molecule has 0 aromatic carbocycles. The molecule has 0 aliphatic rings. The zero-order chi connectivity index (χ0) is 15.2. The number of hydrogen-bond donors (Lipinski definition) is 1. The molecule has 122 valence electrons. The highest BCUT2D eigenvalue weighted by Crippen LogP contribution is 2.22. The van der Waals surface area contributed by atoms with E-state index in [1.165, 1.54) is 76.2 Å². The van der Waals surface area contributed by atoms with Crippen molar-refractivity contribution in [1.82, 2.24) is 5.32 Å². The van der Waals surface area contributed by atoms with Crippen molar-refractivity contribution in [2.75, 3.05) is 6.54 Å². The molecule has 0 aliphatic heterocycles. The van der Waals surface area contributed by atoms with Gasteiger partial charge in [0.1, 0.15) is 0 Å². The zero-order valence-corrected chi connectivity index (χ0v) is 15.0. The Labute approximate surface area is 136 Å². The van der Waals surface area contributed by atoms with Gasteiger partial charge in [0.05, 0.1) is 0 Å². The summed E-state index contributed by atoms with van der Waals surface area (Å²) in [6.45, 7) is 5.67. The Morgan fingerprint density at radius 3 is 2.14 bits per heavy atom. The lowest BCUT2D eigenvalue weighted by molar-refractivity contribution is 0.465. The van der Waals surface area contributed by atoms with Gasteiger partial charge in [-0.05, 0) is 41.8 Å². The van der Waals surface area contributed by atoms with Crippen LogP contribution < -0.4 is 5.32 Å². The summed E-state index contributed by atoms with van der Waals surface area (Å²) in [5.74, 6) is 0. The molecule has 1 aromatic heterocycles. The van der Waals surface area contributed by atoms with Crippen LogP contribution in [0.25, 0.3) is 0 Å². The maximum absolute atomic E-state index is 3.70. The Morgan fingerprint density at radius 2 is 1.57 bits per heavy atom. The van der Waals surface area contributed by atoms with Crippen LogP contribution in [0.1, 0.15) is 96.1 Å². The molecule has 0 bridgehead atoms. The molecule has 1 atom stereocenters. The van der Waals surface area contributed by atoms with Crippen LogP contribution in [0.5, 0.6) is 0 Å². The fraction of sp³-hybridized carbons (Fsp3) is 0.789. The summed E-state index contributed by atoms with van der Waals surface area (Å²) in [4.78, 5) is 0. The second kappa shape index (κ2) is 13.3. The van der Waals surface area contributed by atoms with Gasteiger partial charge in [-0.25, -0.2) is 0 Å². The highest BCUT2D eigenvalue weighted by molar-refractivity contribution is 7.07. The van der Waals surface area contributed by atoms with E-state index in [0.717, 1.165) is 6.54 Å². The SMILES string of the molecule is CCCCCCCCCCCC(NCCC)c1ccsc1. The van der Waals surface area contributed by atoms with E-state index in [1.54, 1.807) is 0 Å². The van der Waals surface area contributed by atoms with E-state index < -0.39 is 0 Å². The quantitative estimate of drug-likeness (QED) is 0.377. The first-order chi connectivity index (χ1) is 10.4. The van der Waals surface area contributed by atoms with Gasteiger partial charge < -0.3 is 5.32 Å². The Morgan fingerprint density at radius 1 is 0.905 bits per heavy atom. The number of hydrogen-bond acceptors (Lipinski definition) is 2. The number of unbranched alkanes of at least 4 members (excludes halogenated alkanes) is 8. The van der Waals surface area contributed by atoms with E-state index in [4.69, 9.17) is 0 Å².